The van der Waals surface area contributed by atoms with E-state index < -0.39 is 9.84 Å². The van der Waals surface area contributed by atoms with Gasteiger partial charge < -0.3 is 5.32 Å². The van der Waals surface area contributed by atoms with Gasteiger partial charge in [0.15, 0.2) is 9.84 Å². The van der Waals surface area contributed by atoms with Gasteiger partial charge in [0.2, 0.25) is 0 Å². The number of nitrogens with one attached hydrogen (secondary N) is 1. The normalized spacial score (nSPS) is 11.2. The summed E-state index contributed by atoms with van der Waals surface area (Å²) in [7, 11) is -3.27. The molecule has 0 saturated heterocycles. The van der Waals surface area contributed by atoms with Crippen molar-refractivity contribution in [3.8, 4) is 0 Å². The van der Waals surface area contributed by atoms with Crippen LogP contribution in [0, 0.1) is 5.82 Å². The summed E-state index contributed by atoms with van der Waals surface area (Å²) in [5, 5.41) is 2.76. The zero-order chi connectivity index (χ0) is 17.6. The summed E-state index contributed by atoms with van der Waals surface area (Å²) in [6, 6.07) is 12.4. The molecule has 0 aliphatic rings. The minimum absolute atomic E-state index is 0.180. The number of sulfone groups is 1. The van der Waals surface area contributed by atoms with Gasteiger partial charge in [-0.25, -0.2) is 12.8 Å². The van der Waals surface area contributed by atoms with Crippen LogP contribution in [-0.2, 0) is 15.6 Å². The Morgan fingerprint density at radius 1 is 1.12 bits per heavy atom. The number of thioether (sulfide) groups is 1. The van der Waals surface area contributed by atoms with E-state index in [0.717, 1.165) is 6.26 Å². The molecular formula is C17H18FNO3S2. The third-order valence-electron chi connectivity index (χ3n) is 3.29. The van der Waals surface area contributed by atoms with E-state index in [1.807, 2.05) is 0 Å². The number of rotatable bonds is 7. The monoisotopic (exact) mass is 367 g/mol. The predicted molar refractivity (Wildman–Crippen MR) is 94.4 cm³/mol. The third kappa shape index (κ3) is 5.35. The van der Waals surface area contributed by atoms with Gasteiger partial charge in [0.05, 0.1) is 4.90 Å². The van der Waals surface area contributed by atoms with Crippen LogP contribution in [0.3, 0.4) is 0 Å². The second-order valence-corrected chi connectivity index (χ2v) is 8.32. The second-order valence-electron chi connectivity index (χ2n) is 5.20. The first kappa shape index (κ1) is 18.5. The van der Waals surface area contributed by atoms with Crippen LogP contribution < -0.4 is 5.32 Å². The van der Waals surface area contributed by atoms with E-state index in [1.54, 1.807) is 18.2 Å². The average Bonchev–Trinajstić information content (AvgIpc) is 2.55. The fourth-order valence-corrected chi connectivity index (χ4v) is 3.47. The van der Waals surface area contributed by atoms with Crippen molar-refractivity contribution in [3.05, 3.63) is 65.5 Å². The van der Waals surface area contributed by atoms with Crippen molar-refractivity contribution in [1.82, 2.24) is 5.32 Å². The smallest absolute Gasteiger partial charge is 0.251 e. The summed E-state index contributed by atoms with van der Waals surface area (Å²) in [4.78, 5) is 12.1. The molecule has 0 spiro atoms. The Balaban J connectivity index is 1.76. The lowest BCUT2D eigenvalue weighted by Crippen LogP contribution is -2.25. The molecule has 7 heteroatoms. The van der Waals surface area contributed by atoms with E-state index in [0.29, 0.717) is 29.2 Å². The predicted octanol–water partition coefficient (Wildman–Crippen LogP) is 2.89. The first-order valence-corrected chi connectivity index (χ1v) is 10.3. The number of benzene rings is 2. The van der Waals surface area contributed by atoms with Gasteiger partial charge >= 0.3 is 0 Å². The van der Waals surface area contributed by atoms with Crippen molar-refractivity contribution >= 4 is 27.5 Å². The summed E-state index contributed by atoms with van der Waals surface area (Å²) >= 11 is 1.53. The van der Waals surface area contributed by atoms with Crippen LogP contribution in [0.25, 0.3) is 0 Å². The molecule has 0 fully saturated rings. The van der Waals surface area contributed by atoms with E-state index >= 15 is 0 Å². The van der Waals surface area contributed by atoms with Gasteiger partial charge in [0.25, 0.3) is 5.91 Å². The zero-order valence-corrected chi connectivity index (χ0v) is 14.8. The van der Waals surface area contributed by atoms with Crippen molar-refractivity contribution in [3.63, 3.8) is 0 Å². The Labute approximate surface area is 145 Å². The molecule has 0 bridgehead atoms. The molecule has 4 nitrogen and oxygen atoms in total. The maximum Gasteiger partial charge on any atom is 0.251 e. The lowest BCUT2D eigenvalue weighted by Gasteiger charge is -2.06. The van der Waals surface area contributed by atoms with Crippen molar-refractivity contribution in [2.75, 3.05) is 18.6 Å². The fraction of sp³-hybridized carbons (Fsp3) is 0.235. The topological polar surface area (TPSA) is 63.2 Å². The first-order valence-electron chi connectivity index (χ1n) is 7.27. The van der Waals surface area contributed by atoms with E-state index in [2.05, 4.69) is 5.32 Å². The third-order valence-corrected chi connectivity index (χ3v) is 5.43. The number of carbonyl (C=O) groups is 1. The molecule has 0 unspecified atom stereocenters. The van der Waals surface area contributed by atoms with Gasteiger partial charge in [-0.1, -0.05) is 18.2 Å². The van der Waals surface area contributed by atoms with Crippen molar-refractivity contribution in [2.24, 2.45) is 0 Å². The Kier molecular flexibility index (Phi) is 6.39. The zero-order valence-electron chi connectivity index (χ0n) is 13.2. The summed E-state index contributed by atoms with van der Waals surface area (Å²) in [5.74, 6) is 0.717. The van der Waals surface area contributed by atoms with Crippen LogP contribution in [0.1, 0.15) is 15.9 Å². The van der Waals surface area contributed by atoms with Crippen LogP contribution in [-0.4, -0.2) is 32.9 Å². The number of carbonyl (C=O) groups excluding carboxylic acids is 1. The van der Waals surface area contributed by atoms with Crippen LogP contribution in [0.15, 0.2) is 53.4 Å². The molecule has 0 radical (unpaired) electrons. The Bertz CT molecular complexity index is 805. The van der Waals surface area contributed by atoms with Gasteiger partial charge in [0, 0.05) is 29.9 Å². The van der Waals surface area contributed by atoms with E-state index in [9.17, 15) is 17.6 Å². The Hall–Kier alpha value is -1.86. The highest BCUT2D eigenvalue weighted by molar-refractivity contribution is 7.98. The number of hydrogen-bond acceptors (Lipinski definition) is 4. The molecule has 0 atom stereocenters. The Morgan fingerprint density at radius 2 is 1.79 bits per heavy atom. The molecule has 1 amide bonds. The van der Waals surface area contributed by atoms with Crippen LogP contribution in [0.5, 0.6) is 0 Å². The van der Waals surface area contributed by atoms with Crippen LogP contribution in [0.2, 0.25) is 0 Å². The quantitative estimate of drug-likeness (QED) is 0.765. The van der Waals surface area contributed by atoms with Crippen molar-refractivity contribution < 1.29 is 17.6 Å². The highest BCUT2D eigenvalue weighted by Crippen LogP contribution is 2.15. The number of amides is 1. The molecule has 2 aromatic carbocycles. The van der Waals surface area contributed by atoms with Crippen molar-refractivity contribution in [1.29, 1.82) is 0 Å². The average molecular weight is 367 g/mol. The van der Waals surface area contributed by atoms with E-state index in [1.165, 1.54) is 42.1 Å². The van der Waals surface area contributed by atoms with E-state index in [-0.39, 0.29) is 16.6 Å². The summed E-state index contributed by atoms with van der Waals surface area (Å²) in [5.41, 5.74) is 1.05. The minimum Gasteiger partial charge on any atom is -0.351 e. The molecule has 128 valence electrons. The van der Waals surface area contributed by atoms with Gasteiger partial charge in [-0.2, -0.15) is 11.8 Å². The SMILES string of the molecule is CS(=O)(=O)c1ccc(C(=O)NCCSCc2ccccc2F)cc1. The number of hydrogen-bond donors (Lipinski definition) is 1. The van der Waals surface area contributed by atoms with Crippen molar-refractivity contribution in [2.45, 2.75) is 10.6 Å². The molecule has 1 N–H and O–H groups in total. The Morgan fingerprint density at radius 3 is 2.42 bits per heavy atom. The molecule has 0 aliphatic carbocycles. The first-order chi connectivity index (χ1) is 11.4. The summed E-state index contributed by atoms with van der Waals surface area (Å²) < 4.78 is 36.2. The van der Waals surface area contributed by atoms with Gasteiger partial charge in [-0.05, 0) is 35.9 Å². The van der Waals surface area contributed by atoms with Gasteiger partial charge in [-0.3, -0.25) is 4.79 Å². The highest BCUT2D eigenvalue weighted by Gasteiger charge is 2.09. The van der Waals surface area contributed by atoms with Gasteiger partial charge in [0.1, 0.15) is 5.82 Å². The highest BCUT2D eigenvalue weighted by atomic mass is 32.2. The fourth-order valence-electron chi connectivity index (χ4n) is 1.99. The minimum atomic E-state index is -3.27. The lowest BCUT2D eigenvalue weighted by molar-refractivity contribution is 0.0956. The molecule has 0 aliphatic heterocycles. The number of halogens is 1. The lowest BCUT2D eigenvalue weighted by atomic mass is 10.2. The second kappa shape index (κ2) is 8.30. The van der Waals surface area contributed by atoms with Crippen LogP contribution >= 0.6 is 11.8 Å². The molecule has 2 aromatic rings. The maximum atomic E-state index is 13.4. The van der Waals surface area contributed by atoms with Crippen LogP contribution in [0.4, 0.5) is 4.39 Å². The molecule has 24 heavy (non-hydrogen) atoms. The van der Waals surface area contributed by atoms with Gasteiger partial charge in [-0.15, -0.1) is 0 Å². The molecular weight excluding hydrogens is 349 g/mol. The molecule has 0 aromatic heterocycles. The molecule has 0 heterocycles. The molecule has 2 rings (SSSR count). The molecule has 0 saturated carbocycles. The largest absolute Gasteiger partial charge is 0.351 e. The maximum absolute atomic E-state index is 13.4. The van der Waals surface area contributed by atoms with E-state index in [4.69, 9.17) is 0 Å². The standard InChI is InChI=1S/C17H18FNO3S2/c1-24(21,22)15-8-6-13(7-9-15)17(20)19-10-11-23-12-14-4-2-3-5-16(14)18/h2-9H,10-12H2,1H3,(H,19,20). The summed E-state index contributed by atoms with van der Waals surface area (Å²) in [6.45, 7) is 0.450. The summed E-state index contributed by atoms with van der Waals surface area (Å²) in [6.07, 6.45) is 1.12.